The lowest BCUT2D eigenvalue weighted by Crippen LogP contribution is -1.95. The average Bonchev–Trinajstić information content (AvgIpc) is 3.39. The number of aromatic nitrogens is 3. The Morgan fingerprint density at radius 1 is 0.439 bits per heavy atom. The molecule has 41 heavy (non-hydrogen) atoms. The van der Waals surface area contributed by atoms with E-state index in [-0.39, 0.29) is 0 Å². The number of rotatable bonds is 4. The molecule has 0 amide bonds. The van der Waals surface area contributed by atoms with Crippen LogP contribution in [0.3, 0.4) is 0 Å². The third-order valence-electron chi connectivity index (χ3n) is 7.84. The lowest BCUT2D eigenvalue weighted by molar-refractivity contribution is 1.18. The molecular formula is C38H25N3. The van der Waals surface area contributed by atoms with E-state index in [0.29, 0.717) is 0 Å². The molecule has 0 aliphatic carbocycles. The van der Waals surface area contributed by atoms with Gasteiger partial charge in [-0.3, -0.25) is 4.98 Å². The fourth-order valence-electron chi connectivity index (χ4n) is 5.84. The van der Waals surface area contributed by atoms with Crippen LogP contribution in [-0.4, -0.2) is 14.5 Å². The molecule has 3 aromatic heterocycles. The van der Waals surface area contributed by atoms with Crippen LogP contribution in [-0.2, 0) is 0 Å². The standard InChI is InChI=1S/C38H25N3/c1-2-9-26(10-3-1)28-21-22-39-36(24-28)29-12-8-13-31(23-29)41-37-16-7-5-14-32(37)33-19-17-30(25-38(33)41)35-20-18-27-11-4-6-15-34(27)40-35/h1-25H. The molecule has 8 rings (SSSR count). The Labute approximate surface area is 238 Å². The van der Waals surface area contributed by atoms with Crippen molar-refractivity contribution in [3.05, 3.63) is 152 Å². The van der Waals surface area contributed by atoms with E-state index in [4.69, 9.17) is 9.97 Å². The van der Waals surface area contributed by atoms with Crippen molar-refractivity contribution in [3.8, 4) is 39.3 Å². The van der Waals surface area contributed by atoms with Gasteiger partial charge in [-0.15, -0.1) is 0 Å². The molecule has 3 nitrogen and oxygen atoms in total. The molecule has 0 aliphatic rings. The largest absolute Gasteiger partial charge is 0.309 e. The Morgan fingerprint density at radius 3 is 2.17 bits per heavy atom. The van der Waals surface area contributed by atoms with Crippen molar-refractivity contribution < 1.29 is 0 Å². The van der Waals surface area contributed by atoms with Gasteiger partial charge in [-0.25, -0.2) is 4.98 Å². The van der Waals surface area contributed by atoms with Gasteiger partial charge in [0.25, 0.3) is 0 Å². The van der Waals surface area contributed by atoms with E-state index in [1.165, 1.54) is 21.9 Å². The van der Waals surface area contributed by atoms with Gasteiger partial charge in [-0.05, 0) is 59.7 Å². The highest BCUT2D eigenvalue weighted by molar-refractivity contribution is 6.10. The highest BCUT2D eigenvalue weighted by Gasteiger charge is 2.15. The number of benzene rings is 5. The summed E-state index contributed by atoms with van der Waals surface area (Å²) in [5, 5.41) is 3.60. The van der Waals surface area contributed by atoms with Crippen LogP contribution in [0.25, 0.3) is 72.0 Å². The summed E-state index contributed by atoms with van der Waals surface area (Å²) in [4.78, 5) is 9.72. The Bertz CT molecular complexity index is 2210. The smallest absolute Gasteiger partial charge is 0.0710 e. The third kappa shape index (κ3) is 4.07. The van der Waals surface area contributed by atoms with Crippen LogP contribution in [0, 0.1) is 0 Å². The van der Waals surface area contributed by atoms with Crippen molar-refractivity contribution in [2.24, 2.45) is 0 Å². The van der Waals surface area contributed by atoms with Crippen LogP contribution >= 0.6 is 0 Å². The van der Waals surface area contributed by atoms with Gasteiger partial charge in [-0.1, -0.05) is 97.1 Å². The van der Waals surface area contributed by atoms with Crippen LogP contribution in [0.5, 0.6) is 0 Å². The molecule has 3 heterocycles. The van der Waals surface area contributed by atoms with Gasteiger partial charge in [-0.2, -0.15) is 0 Å². The first-order valence-corrected chi connectivity index (χ1v) is 13.8. The van der Waals surface area contributed by atoms with E-state index in [9.17, 15) is 0 Å². The predicted octanol–water partition coefficient (Wildman–Crippen LogP) is 9.73. The Kier molecular flexibility index (Phi) is 5.46. The zero-order valence-electron chi connectivity index (χ0n) is 22.3. The number of hydrogen-bond donors (Lipinski definition) is 0. The second-order valence-electron chi connectivity index (χ2n) is 10.3. The van der Waals surface area contributed by atoms with Crippen molar-refractivity contribution >= 4 is 32.7 Å². The second-order valence-corrected chi connectivity index (χ2v) is 10.3. The maximum atomic E-state index is 4.98. The summed E-state index contributed by atoms with van der Waals surface area (Å²) in [7, 11) is 0. The van der Waals surface area contributed by atoms with Crippen molar-refractivity contribution in [2.45, 2.75) is 0 Å². The number of hydrogen-bond acceptors (Lipinski definition) is 2. The first-order chi connectivity index (χ1) is 20.3. The zero-order valence-corrected chi connectivity index (χ0v) is 22.3. The van der Waals surface area contributed by atoms with Gasteiger partial charge in [0.05, 0.1) is 27.9 Å². The Morgan fingerprint density at radius 2 is 1.22 bits per heavy atom. The van der Waals surface area contributed by atoms with Crippen molar-refractivity contribution in [1.29, 1.82) is 0 Å². The van der Waals surface area contributed by atoms with E-state index >= 15 is 0 Å². The van der Waals surface area contributed by atoms with E-state index in [2.05, 4.69) is 138 Å². The first kappa shape index (κ1) is 23.4. The molecule has 0 fully saturated rings. The van der Waals surface area contributed by atoms with Gasteiger partial charge in [0.15, 0.2) is 0 Å². The fraction of sp³-hybridized carbons (Fsp3) is 0. The number of para-hydroxylation sites is 2. The van der Waals surface area contributed by atoms with E-state index < -0.39 is 0 Å². The van der Waals surface area contributed by atoms with Crippen molar-refractivity contribution in [1.82, 2.24) is 14.5 Å². The minimum absolute atomic E-state index is 0.954. The van der Waals surface area contributed by atoms with E-state index in [1.807, 2.05) is 18.3 Å². The normalized spacial score (nSPS) is 11.4. The van der Waals surface area contributed by atoms with Gasteiger partial charge in [0, 0.05) is 39.2 Å². The van der Waals surface area contributed by atoms with Crippen LogP contribution in [0.4, 0.5) is 0 Å². The minimum atomic E-state index is 0.954. The molecule has 0 atom stereocenters. The second kappa shape index (κ2) is 9.58. The molecule has 0 aliphatic heterocycles. The highest BCUT2D eigenvalue weighted by Crippen LogP contribution is 2.36. The molecule has 3 heteroatoms. The van der Waals surface area contributed by atoms with Gasteiger partial charge >= 0.3 is 0 Å². The van der Waals surface area contributed by atoms with Crippen molar-refractivity contribution in [3.63, 3.8) is 0 Å². The van der Waals surface area contributed by atoms with Crippen LogP contribution in [0.1, 0.15) is 0 Å². The van der Waals surface area contributed by atoms with Crippen LogP contribution in [0.15, 0.2) is 152 Å². The first-order valence-electron chi connectivity index (χ1n) is 13.8. The molecule has 192 valence electrons. The molecule has 0 N–H and O–H groups in total. The van der Waals surface area contributed by atoms with Gasteiger partial charge in [0.2, 0.25) is 0 Å². The molecular weight excluding hydrogens is 498 g/mol. The van der Waals surface area contributed by atoms with Crippen LogP contribution < -0.4 is 0 Å². The molecule has 0 unspecified atom stereocenters. The molecule has 0 spiro atoms. The van der Waals surface area contributed by atoms with E-state index in [1.54, 1.807) is 0 Å². The average molecular weight is 524 g/mol. The quantitative estimate of drug-likeness (QED) is 0.230. The lowest BCUT2D eigenvalue weighted by Gasteiger charge is -2.11. The molecule has 0 saturated carbocycles. The van der Waals surface area contributed by atoms with Gasteiger partial charge in [0.1, 0.15) is 0 Å². The Hall–Kier alpha value is -5.54. The molecule has 5 aromatic carbocycles. The monoisotopic (exact) mass is 523 g/mol. The third-order valence-corrected chi connectivity index (χ3v) is 7.84. The van der Waals surface area contributed by atoms with E-state index in [0.717, 1.165) is 50.2 Å². The summed E-state index contributed by atoms with van der Waals surface area (Å²) in [5.41, 5.74) is 10.9. The topological polar surface area (TPSA) is 30.7 Å². The number of fused-ring (bicyclic) bond motifs is 4. The molecule has 8 aromatic rings. The summed E-state index contributed by atoms with van der Waals surface area (Å²) in [6.45, 7) is 0. The number of nitrogens with zero attached hydrogens (tertiary/aromatic N) is 3. The Balaban J connectivity index is 1.30. The summed E-state index contributed by atoms with van der Waals surface area (Å²) < 4.78 is 2.36. The lowest BCUT2D eigenvalue weighted by atomic mass is 10.0. The summed E-state index contributed by atoms with van der Waals surface area (Å²) in [6, 6.07) is 51.2. The number of pyridine rings is 2. The molecule has 0 bridgehead atoms. The van der Waals surface area contributed by atoms with Crippen LogP contribution in [0.2, 0.25) is 0 Å². The summed E-state index contributed by atoms with van der Waals surface area (Å²) in [5.74, 6) is 0. The maximum absolute atomic E-state index is 4.98. The minimum Gasteiger partial charge on any atom is -0.309 e. The molecule has 0 saturated heterocycles. The zero-order chi connectivity index (χ0) is 27.2. The molecule has 0 radical (unpaired) electrons. The van der Waals surface area contributed by atoms with Crippen molar-refractivity contribution in [2.75, 3.05) is 0 Å². The fourth-order valence-corrected chi connectivity index (χ4v) is 5.84. The maximum Gasteiger partial charge on any atom is 0.0710 e. The van der Waals surface area contributed by atoms with Gasteiger partial charge < -0.3 is 4.57 Å². The SMILES string of the molecule is c1ccc(-c2ccnc(-c3cccc(-n4c5ccccc5c5ccc(-c6ccc7ccccc7n6)cc54)c3)c2)cc1. The summed E-state index contributed by atoms with van der Waals surface area (Å²) >= 11 is 0. The summed E-state index contributed by atoms with van der Waals surface area (Å²) in [6.07, 6.45) is 1.90. The highest BCUT2D eigenvalue weighted by atomic mass is 15.0. The predicted molar refractivity (Wildman–Crippen MR) is 170 cm³/mol.